The van der Waals surface area contributed by atoms with Gasteiger partial charge in [0.2, 0.25) is 0 Å². The van der Waals surface area contributed by atoms with E-state index in [1.54, 1.807) is 0 Å². The molecule has 0 aliphatic heterocycles. The monoisotopic (exact) mass is 787 g/mol. The lowest BCUT2D eigenvalue weighted by Crippen LogP contribution is -2.30. The second kappa shape index (κ2) is 44.5. The average Bonchev–Trinajstić information content (AvgIpc) is 3.21. The molecule has 0 fully saturated rings. The van der Waals surface area contributed by atoms with Crippen molar-refractivity contribution in [3.8, 4) is 0 Å². The van der Waals surface area contributed by atoms with Crippen LogP contribution in [0.25, 0.3) is 0 Å². The minimum atomic E-state index is -0.833. The summed E-state index contributed by atoms with van der Waals surface area (Å²) in [7, 11) is 0. The van der Waals surface area contributed by atoms with Crippen molar-refractivity contribution in [2.75, 3.05) is 13.2 Å². The molecule has 0 heterocycles. The summed E-state index contributed by atoms with van der Waals surface area (Å²) in [6, 6.07) is 0. The summed E-state index contributed by atoms with van der Waals surface area (Å²) in [6.07, 6.45) is 60.5. The minimum Gasteiger partial charge on any atom is -0.462 e. The molecular formula is C51H78O6. The van der Waals surface area contributed by atoms with Gasteiger partial charge in [-0.3, -0.25) is 14.4 Å². The molecule has 0 amide bonds. The van der Waals surface area contributed by atoms with Crippen molar-refractivity contribution >= 4 is 17.9 Å². The van der Waals surface area contributed by atoms with Crippen molar-refractivity contribution in [1.82, 2.24) is 0 Å². The van der Waals surface area contributed by atoms with Crippen LogP contribution in [0.1, 0.15) is 162 Å². The van der Waals surface area contributed by atoms with Crippen molar-refractivity contribution in [2.24, 2.45) is 0 Å². The Morgan fingerprint density at radius 1 is 0.386 bits per heavy atom. The average molecular weight is 787 g/mol. The van der Waals surface area contributed by atoms with E-state index in [1.165, 1.54) is 12.8 Å². The SMILES string of the molecule is CC\C=C/C=C\C=C/C=C\C=C/CCCC(=O)OC(COC(=O)CCCCC/C=C\C/C=C\C/C=C\C/C=C\CC)COC(=O)CCCCCC/C=C\CCCC. The first-order valence-electron chi connectivity index (χ1n) is 22.1. The molecule has 318 valence electrons. The van der Waals surface area contributed by atoms with Gasteiger partial charge in [-0.2, -0.15) is 0 Å². The molecule has 57 heavy (non-hydrogen) atoms. The molecule has 0 aliphatic rings. The Labute approximate surface area is 348 Å². The third-order valence-electron chi connectivity index (χ3n) is 8.56. The van der Waals surface area contributed by atoms with Crippen molar-refractivity contribution in [2.45, 2.75) is 168 Å². The fraction of sp³-hybridized carbons (Fsp3) is 0.549. The van der Waals surface area contributed by atoms with Gasteiger partial charge in [-0.05, 0) is 89.9 Å². The van der Waals surface area contributed by atoms with Crippen LogP contribution in [0.2, 0.25) is 0 Å². The largest absolute Gasteiger partial charge is 0.462 e. The highest BCUT2D eigenvalue weighted by molar-refractivity contribution is 5.71. The van der Waals surface area contributed by atoms with Crippen molar-refractivity contribution in [3.05, 3.63) is 122 Å². The molecule has 0 aromatic rings. The van der Waals surface area contributed by atoms with E-state index >= 15 is 0 Å². The van der Waals surface area contributed by atoms with Crippen LogP contribution in [0.4, 0.5) is 0 Å². The topological polar surface area (TPSA) is 78.9 Å². The zero-order valence-corrected chi connectivity index (χ0v) is 36.0. The summed E-state index contributed by atoms with van der Waals surface area (Å²) < 4.78 is 16.6. The van der Waals surface area contributed by atoms with E-state index in [2.05, 4.69) is 87.6 Å². The first-order valence-corrected chi connectivity index (χ1v) is 22.1. The molecule has 1 atom stereocenters. The Morgan fingerprint density at radius 2 is 0.789 bits per heavy atom. The van der Waals surface area contributed by atoms with Gasteiger partial charge >= 0.3 is 17.9 Å². The number of hydrogen-bond acceptors (Lipinski definition) is 6. The Kier molecular flexibility index (Phi) is 41.3. The maximum Gasteiger partial charge on any atom is 0.306 e. The first kappa shape index (κ1) is 52.8. The number of hydrogen-bond donors (Lipinski definition) is 0. The van der Waals surface area contributed by atoms with Crippen LogP contribution in [-0.4, -0.2) is 37.2 Å². The molecule has 0 rings (SSSR count). The Bertz CT molecular complexity index is 1270. The molecule has 1 unspecified atom stereocenters. The van der Waals surface area contributed by atoms with E-state index in [1.807, 2.05) is 54.7 Å². The molecular weight excluding hydrogens is 709 g/mol. The zero-order chi connectivity index (χ0) is 41.5. The van der Waals surface area contributed by atoms with Crippen LogP contribution in [0.3, 0.4) is 0 Å². The third kappa shape index (κ3) is 42.8. The molecule has 0 aromatic carbocycles. The highest BCUT2D eigenvalue weighted by Gasteiger charge is 2.19. The Hall–Kier alpha value is -4.19. The standard InChI is InChI=1S/C51H78O6/c1-4-7-10-13-16-19-22-24-25-26-28-29-32-35-38-41-44-50(53)56-47-48(46-55-49(52)43-40-37-34-31-21-18-15-12-9-6-3)57-51(54)45-42-39-36-33-30-27-23-20-17-14-11-8-5-2/h7-8,10-11,14-20,23-25,27-30,33,36,48H,4-6,9,12-13,21-22,26,31-32,34-35,37-47H2,1-3H3/b10-7-,11-8-,17-14-,18-15-,19-16-,23-20-,25-24-,29-28-,30-27-,36-33-. The lowest BCUT2D eigenvalue weighted by Gasteiger charge is -2.18. The number of allylic oxidation sites excluding steroid dienone is 20. The molecule has 0 saturated heterocycles. The summed E-state index contributed by atoms with van der Waals surface area (Å²) >= 11 is 0. The molecule has 0 bridgehead atoms. The lowest BCUT2D eigenvalue weighted by molar-refractivity contribution is -0.167. The van der Waals surface area contributed by atoms with Crippen LogP contribution < -0.4 is 0 Å². The highest BCUT2D eigenvalue weighted by atomic mass is 16.6. The maximum absolute atomic E-state index is 12.7. The van der Waals surface area contributed by atoms with Gasteiger partial charge in [-0.25, -0.2) is 0 Å². The van der Waals surface area contributed by atoms with Gasteiger partial charge in [0.15, 0.2) is 6.10 Å². The molecule has 6 nitrogen and oxygen atoms in total. The number of carbonyl (C=O) groups excluding carboxylic acids is 3. The van der Waals surface area contributed by atoms with Crippen LogP contribution >= 0.6 is 0 Å². The van der Waals surface area contributed by atoms with E-state index in [4.69, 9.17) is 14.2 Å². The van der Waals surface area contributed by atoms with Gasteiger partial charge in [0.25, 0.3) is 0 Å². The normalized spacial score (nSPS) is 13.2. The Balaban J connectivity index is 4.59. The fourth-order valence-corrected chi connectivity index (χ4v) is 5.26. The van der Waals surface area contributed by atoms with Crippen molar-refractivity contribution in [1.29, 1.82) is 0 Å². The van der Waals surface area contributed by atoms with Gasteiger partial charge in [-0.1, -0.05) is 174 Å². The second-order valence-corrected chi connectivity index (χ2v) is 14.0. The van der Waals surface area contributed by atoms with Crippen LogP contribution in [0, 0.1) is 0 Å². The number of unbranched alkanes of at least 4 members (excludes halogenated alkanes) is 10. The smallest absolute Gasteiger partial charge is 0.306 e. The third-order valence-corrected chi connectivity index (χ3v) is 8.56. The maximum atomic E-state index is 12.7. The molecule has 0 radical (unpaired) electrons. The number of carbonyl (C=O) groups is 3. The Morgan fingerprint density at radius 3 is 1.33 bits per heavy atom. The van der Waals surface area contributed by atoms with Gasteiger partial charge in [0.05, 0.1) is 0 Å². The van der Waals surface area contributed by atoms with E-state index in [0.29, 0.717) is 19.3 Å². The predicted octanol–water partition coefficient (Wildman–Crippen LogP) is 14.2. The van der Waals surface area contributed by atoms with Gasteiger partial charge in [0, 0.05) is 19.3 Å². The van der Waals surface area contributed by atoms with E-state index in [-0.39, 0.29) is 31.6 Å². The highest BCUT2D eigenvalue weighted by Crippen LogP contribution is 2.10. The second-order valence-electron chi connectivity index (χ2n) is 14.0. The van der Waals surface area contributed by atoms with Gasteiger partial charge in [0.1, 0.15) is 13.2 Å². The van der Waals surface area contributed by atoms with Crippen molar-refractivity contribution in [3.63, 3.8) is 0 Å². The summed E-state index contributed by atoms with van der Waals surface area (Å²) in [5.41, 5.74) is 0. The number of esters is 3. The summed E-state index contributed by atoms with van der Waals surface area (Å²) in [6.45, 7) is 6.19. The summed E-state index contributed by atoms with van der Waals surface area (Å²) in [4.78, 5) is 37.7. The van der Waals surface area contributed by atoms with E-state index < -0.39 is 12.1 Å². The van der Waals surface area contributed by atoms with Crippen LogP contribution in [0.5, 0.6) is 0 Å². The zero-order valence-electron chi connectivity index (χ0n) is 36.0. The van der Waals surface area contributed by atoms with Crippen LogP contribution in [-0.2, 0) is 28.6 Å². The van der Waals surface area contributed by atoms with Gasteiger partial charge < -0.3 is 14.2 Å². The minimum absolute atomic E-state index is 0.127. The van der Waals surface area contributed by atoms with Gasteiger partial charge in [-0.15, -0.1) is 0 Å². The number of rotatable bonds is 37. The number of ether oxygens (including phenoxy) is 3. The molecule has 0 spiro atoms. The van der Waals surface area contributed by atoms with Crippen LogP contribution in [0.15, 0.2) is 122 Å². The lowest BCUT2D eigenvalue weighted by atomic mass is 10.1. The fourth-order valence-electron chi connectivity index (χ4n) is 5.26. The quantitative estimate of drug-likeness (QED) is 0.0205. The molecule has 0 saturated carbocycles. The first-order chi connectivity index (χ1) is 28.0. The van der Waals surface area contributed by atoms with E-state index in [9.17, 15) is 14.4 Å². The van der Waals surface area contributed by atoms with E-state index in [0.717, 1.165) is 103 Å². The molecule has 0 N–H and O–H groups in total. The molecule has 0 aromatic heterocycles. The van der Waals surface area contributed by atoms with Crippen molar-refractivity contribution < 1.29 is 28.6 Å². The molecule has 6 heteroatoms. The summed E-state index contributed by atoms with van der Waals surface area (Å²) in [5.74, 6) is -1.06. The molecule has 0 aliphatic carbocycles. The summed E-state index contributed by atoms with van der Waals surface area (Å²) in [5, 5.41) is 0. The predicted molar refractivity (Wildman–Crippen MR) is 242 cm³/mol.